The minimum atomic E-state index is -1.17. The van der Waals surface area contributed by atoms with E-state index >= 15 is 0 Å². The van der Waals surface area contributed by atoms with Crippen LogP contribution in [-0.4, -0.2) is 49.0 Å². The number of carbonyl (C=O) groups is 2. The molecule has 1 atom stereocenters. The standard InChI is InChI=1S/C16H25N3O3/c1-15(2,3)22-14(21)19(7)16(4,11-20)12-9-8-10-17-13(12)18(5)6/h8-11H,1-7H3. The fourth-order valence-electron chi connectivity index (χ4n) is 1.99. The molecule has 6 heteroatoms. The molecule has 1 aromatic heterocycles. The maximum Gasteiger partial charge on any atom is 0.411 e. The van der Waals surface area contributed by atoms with E-state index in [1.807, 2.05) is 14.1 Å². The molecule has 6 nitrogen and oxygen atoms in total. The molecule has 0 fully saturated rings. The van der Waals surface area contributed by atoms with Gasteiger partial charge in [0.25, 0.3) is 0 Å². The van der Waals surface area contributed by atoms with Crippen molar-refractivity contribution in [3.8, 4) is 0 Å². The normalized spacial score (nSPS) is 14.0. The SMILES string of the molecule is CN(C)c1ncccc1C(C)(C=O)N(C)C(=O)OC(C)(C)C. The van der Waals surface area contributed by atoms with Crippen LogP contribution < -0.4 is 4.90 Å². The van der Waals surface area contributed by atoms with E-state index in [9.17, 15) is 9.59 Å². The zero-order valence-electron chi connectivity index (χ0n) is 14.4. The Balaban J connectivity index is 3.27. The van der Waals surface area contributed by atoms with E-state index in [1.165, 1.54) is 4.90 Å². The molecule has 0 N–H and O–H groups in total. The van der Waals surface area contributed by atoms with Gasteiger partial charge in [-0.3, -0.25) is 4.90 Å². The first-order valence-electron chi connectivity index (χ1n) is 7.09. The van der Waals surface area contributed by atoms with Gasteiger partial charge < -0.3 is 14.4 Å². The Bertz CT molecular complexity index is 552. The third-order valence-electron chi connectivity index (χ3n) is 3.35. The number of anilines is 1. The van der Waals surface area contributed by atoms with Gasteiger partial charge in [0.05, 0.1) is 0 Å². The third-order valence-corrected chi connectivity index (χ3v) is 3.35. The van der Waals surface area contributed by atoms with Gasteiger partial charge in [0.2, 0.25) is 0 Å². The molecule has 0 saturated carbocycles. The zero-order chi connectivity index (χ0) is 17.1. The fourth-order valence-corrected chi connectivity index (χ4v) is 1.99. The first kappa shape index (κ1) is 17.9. The van der Waals surface area contributed by atoms with Gasteiger partial charge in [-0.05, 0) is 33.8 Å². The summed E-state index contributed by atoms with van der Waals surface area (Å²) in [5.41, 5.74) is -1.16. The number of pyridine rings is 1. The van der Waals surface area contributed by atoms with Gasteiger partial charge in [-0.2, -0.15) is 0 Å². The molecule has 1 heterocycles. The average Bonchev–Trinajstić information content (AvgIpc) is 2.43. The molecule has 1 amide bonds. The third kappa shape index (κ3) is 3.75. The average molecular weight is 307 g/mol. The van der Waals surface area contributed by atoms with E-state index in [-0.39, 0.29) is 0 Å². The van der Waals surface area contributed by atoms with Crippen molar-refractivity contribution in [2.75, 3.05) is 26.0 Å². The number of aldehydes is 1. The van der Waals surface area contributed by atoms with Gasteiger partial charge in [-0.25, -0.2) is 9.78 Å². The molecule has 1 unspecified atom stereocenters. The molecule has 0 bridgehead atoms. The van der Waals surface area contributed by atoms with Crippen molar-refractivity contribution >= 4 is 18.2 Å². The number of hydrogen-bond donors (Lipinski definition) is 0. The minimum Gasteiger partial charge on any atom is -0.444 e. The quantitative estimate of drug-likeness (QED) is 0.799. The topological polar surface area (TPSA) is 62.7 Å². The van der Waals surface area contributed by atoms with E-state index in [0.717, 1.165) is 6.29 Å². The van der Waals surface area contributed by atoms with Gasteiger partial charge in [0, 0.05) is 32.9 Å². The minimum absolute atomic E-state index is 0.560. The van der Waals surface area contributed by atoms with Crippen LogP contribution >= 0.6 is 0 Å². The van der Waals surface area contributed by atoms with Crippen molar-refractivity contribution in [2.45, 2.75) is 38.8 Å². The van der Waals surface area contributed by atoms with Gasteiger partial charge >= 0.3 is 6.09 Å². The highest BCUT2D eigenvalue weighted by atomic mass is 16.6. The summed E-state index contributed by atoms with van der Waals surface area (Å²) in [6.45, 7) is 7.03. The molecule has 0 aliphatic carbocycles. The molecule has 1 rings (SSSR count). The van der Waals surface area contributed by atoms with Gasteiger partial charge in [-0.1, -0.05) is 6.07 Å². The van der Waals surface area contributed by atoms with Crippen molar-refractivity contribution in [2.24, 2.45) is 0 Å². The summed E-state index contributed by atoms with van der Waals surface area (Å²) in [5, 5.41) is 0. The second kappa shape index (κ2) is 6.34. The highest BCUT2D eigenvalue weighted by molar-refractivity contribution is 5.79. The van der Waals surface area contributed by atoms with Crippen molar-refractivity contribution < 1.29 is 14.3 Å². The Hall–Kier alpha value is -2.11. The van der Waals surface area contributed by atoms with Crippen LogP contribution in [0, 0.1) is 0 Å². The molecular formula is C16H25N3O3. The molecule has 0 spiro atoms. The van der Waals surface area contributed by atoms with E-state index in [0.29, 0.717) is 11.4 Å². The highest BCUT2D eigenvalue weighted by Gasteiger charge is 2.39. The zero-order valence-corrected chi connectivity index (χ0v) is 14.4. The van der Waals surface area contributed by atoms with Crippen molar-refractivity contribution in [3.63, 3.8) is 0 Å². The molecule has 122 valence electrons. The van der Waals surface area contributed by atoms with Crippen molar-refractivity contribution in [3.05, 3.63) is 23.9 Å². The number of hydrogen-bond acceptors (Lipinski definition) is 5. The molecule has 0 aromatic carbocycles. The lowest BCUT2D eigenvalue weighted by Crippen LogP contribution is -2.48. The van der Waals surface area contributed by atoms with E-state index in [2.05, 4.69) is 4.98 Å². The Morgan fingerprint density at radius 2 is 1.82 bits per heavy atom. The van der Waals surface area contributed by atoms with Gasteiger partial charge in [-0.15, -0.1) is 0 Å². The summed E-state index contributed by atoms with van der Waals surface area (Å²) in [6.07, 6.45) is 1.83. The second-order valence-corrected chi connectivity index (χ2v) is 6.57. The first-order chi connectivity index (χ1) is 10.0. The lowest BCUT2D eigenvalue weighted by Gasteiger charge is -2.37. The van der Waals surface area contributed by atoms with Crippen LogP contribution in [0.5, 0.6) is 0 Å². The van der Waals surface area contributed by atoms with Crippen molar-refractivity contribution in [1.29, 1.82) is 0 Å². The summed E-state index contributed by atoms with van der Waals surface area (Å²) in [5.74, 6) is 0.632. The van der Waals surface area contributed by atoms with Gasteiger partial charge in [0.1, 0.15) is 23.2 Å². The number of nitrogens with zero attached hydrogens (tertiary/aromatic N) is 3. The maximum absolute atomic E-state index is 12.3. The first-order valence-corrected chi connectivity index (χ1v) is 7.09. The van der Waals surface area contributed by atoms with Crippen LogP contribution in [0.4, 0.5) is 10.6 Å². The fraction of sp³-hybridized carbons (Fsp3) is 0.562. The Morgan fingerprint density at radius 3 is 2.27 bits per heavy atom. The largest absolute Gasteiger partial charge is 0.444 e. The summed E-state index contributed by atoms with van der Waals surface area (Å²) in [4.78, 5) is 31.6. The lowest BCUT2D eigenvalue weighted by molar-refractivity contribution is -0.117. The molecular weight excluding hydrogens is 282 g/mol. The number of amides is 1. The Morgan fingerprint density at radius 1 is 1.23 bits per heavy atom. The number of ether oxygens (including phenoxy) is 1. The molecule has 0 saturated heterocycles. The monoisotopic (exact) mass is 307 g/mol. The van der Waals surface area contributed by atoms with Crippen LogP contribution in [0.25, 0.3) is 0 Å². The van der Waals surface area contributed by atoms with Crippen LogP contribution in [-0.2, 0) is 15.1 Å². The Labute approximate surface area is 132 Å². The number of rotatable bonds is 4. The number of carbonyl (C=O) groups excluding carboxylic acids is 2. The highest BCUT2D eigenvalue weighted by Crippen LogP contribution is 2.32. The summed E-state index contributed by atoms with van der Waals surface area (Å²) >= 11 is 0. The van der Waals surface area contributed by atoms with E-state index in [4.69, 9.17) is 4.74 Å². The van der Waals surface area contributed by atoms with E-state index in [1.54, 1.807) is 58.0 Å². The van der Waals surface area contributed by atoms with Crippen LogP contribution in [0.3, 0.4) is 0 Å². The maximum atomic E-state index is 12.3. The summed E-state index contributed by atoms with van der Waals surface area (Å²) in [6, 6.07) is 3.53. The van der Waals surface area contributed by atoms with Crippen LogP contribution in [0.2, 0.25) is 0 Å². The molecule has 0 aliphatic heterocycles. The van der Waals surface area contributed by atoms with E-state index < -0.39 is 17.2 Å². The molecule has 1 aromatic rings. The predicted molar refractivity (Wildman–Crippen MR) is 86.0 cm³/mol. The molecule has 0 radical (unpaired) electrons. The smallest absolute Gasteiger partial charge is 0.411 e. The lowest BCUT2D eigenvalue weighted by atomic mass is 9.92. The van der Waals surface area contributed by atoms with Gasteiger partial charge in [0.15, 0.2) is 0 Å². The summed E-state index contributed by atoms with van der Waals surface area (Å²) < 4.78 is 5.36. The van der Waals surface area contributed by atoms with Crippen LogP contribution in [0.15, 0.2) is 18.3 Å². The van der Waals surface area contributed by atoms with Crippen LogP contribution in [0.1, 0.15) is 33.3 Å². The molecule has 22 heavy (non-hydrogen) atoms. The predicted octanol–water partition coefficient (Wildman–Crippen LogP) is 2.43. The second-order valence-electron chi connectivity index (χ2n) is 6.57. The number of likely N-dealkylation sites (N-methyl/N-ethyl adjacent to an activating group) is 1. The Kier molecular flexibility index (Phi) is 5.17. The number of aromatic nitrogens is 1. The molecule has 0 aliphatic rings. The van der Waals surface area contributed by atoms with Crippen molar-refractivity contribution in [1.82, 2.24) is 9.88 Å². The summed E-state index contributed by atoms with van der Waals surface area (Å²) in [7, 11) is 5.23.